The van der Waals surface area contributed by atoms with E-state index >= 15 is 0 Å². The molecule has 0 saturated carbocycles. The van der Waals surface area contributed by atoms with Crippen LogP contribution in [0.2, 0.25) is 0 Å². The van der Waals surface area contributed by atoms with Crippen LogP contribution in [0.15, 0.2) is 72.9 Å². The number of pyridine rings is 1. The molecule has 0 fully saturated rings. The molecule has 0 radical (unpaired) electrons. The molecule has 2 aromatic carbocycles. The van der Waals surface area contributed by atoms with E-state index in [-0.39, 0.29) is 0 Å². The van der Waals surface area contributed by atoms with Crippen LogP contribution in [0.5, 0.6) is 5.75 Å². The molecule has 0 aliphatic heterocycles. The highest BCUT2D eigenvalue weighted by molar-refractivity contribution is 5.54. The molecule has 6 heteroatoms. The molecule has 31 heavy (non-hydrogen) atoms. The van der Waals surface area contributed by atoms with Crippen molar-refractivity contribution in [3.05, 3.63) is 89.7 Å². The first kappa shape index (κ1) is 20.7. The summed E-state index contributed by atoms with van der Waals surface area (Å²) in [5.74, 6) is 2.45. The van der Waals surface area contributed by atoms with Gasteiger partial charge in [0.25, 0.3) is 0 Å². The molecule has 2 aromatic heterocycles. The maximum atomic E-state index is 5.85. The zero-order valence-electron chi connectivity index (χ0n) is 18.1. The Kier molecular flexibility index (Phi) is 6.36. The Morgan fingerprint density at radius 3 is 2.35 bits per heavy atom. The van der Waals surface area contributed by atoms with Crippen LogP contribution >= 0.6 is 0 Å². The summed E-state index contributed by atoms with van der Waals surface area (Å²) in [6, 6.07) is 22.7. The van der Waals surface area contributed by atoms with Gasteiger partial charge in [-0.1, -0.05) is 56.3 Å². The van der Waals surface area contributed by atoms with Gasteiger partial charge in [-0.25, -0.2) is 0 Å². The van der Waals surface area contributed by atoms with E-state index in [0.717, 1.165) is 23.4 Å². The number of aryl methyl sites for hydroxylation is 1. The van der Waals surface area contributed by atoms with Gasteiger partial charge in [0.05, 0.1) is 12.7 Å². The molecule has 0 spiro atoms. The SMILES string of the molecule is CC(Cc1ccc(-c2nnn(C)n2)cc1)C(C)c1ccc(OCc2ccccn2)cc1. The minimum atomic E-state index is 0.436. The van der Waals surface area contributed by atoms with E-state index in [2.05, 4.69) is 70.6 Å². The van der Waals surface area contributed by atoms with Crippen molar-refractivity contribution in [3.8, 4) is 17.1 Å². The molecule has 2 atom stereocenters. The second-order valence-corrected chi connectivity index (χ2v) is 7.95. The fraction of sp³-hybridized carbons (Fsp3) is 0.280. The highest BCUT2D eigenvalue weighted by Crippen LogP contribution is 2.29. The first-order valence-electron chi connectivity index (χ1n) is 10.5. The van der Waals surface area contributed by atoms with Crippen molar-refractivity contribution in [2.75, 3.05) is 0 Å². The summed E-state index contributed by atoms with van der Waals surface area (Å²) in [7, 11) is 1.77. The highest BCUT2D eigenvalue weighted by atomic mass is 16.5. The van der Waals surface area contributed by atoms with Gasteiger partial charge in [0, 0.05) is 11.8 Å². The number of ether oxygens (including phenoxy) is 1. The Hall–Kier alpha value is -3.54. The maximum Gasteiger partial charge on any atom is 0.204 e. The van der Waals surface area contributed by atoms with Gasteiger partial charge >= 0.3 is 0 Å². The van der Waals surface area contributed by atoms with Crippen molar-refractivity contribution in [3.63, 3.8) is 0 Å². The molecule has 4 rings (SSSR count). The predicted molar refractivity (Wildman–Crippen MR) is 121 cm³/mol. The third kappa shape index (κ3) is 5.34. The number of hydrogen-bond acceptors (Lipinski definition) is 5. The Balaban J connectivity index is 1.33. The summed E-state index contributed by atoms with van der Waals surface area (Å²) in [6.45, 7) is 5.06. The van der Waals surface area contributed by atoms with Gasteiger partial charge in [0.15, 0.2) is 0 Å². The minimum Gasteiger partial charge on any atom is -0.487 e. The number of aromatic nitrogens is 5. The smallest absolute Gasteiger partial charge is 0.204 e. The third-order valence-electron chi connectivity index (χ3n) is 5.65. The van der Waals surface area contributed by atoms with E-state index in [1.807, 2.05) is 30.3 Å². The molecule has 2 unspecified atom stereocenters. The van der Waals surface area contributed by atoms with E-state index in [4.69, 9.17) is 4.74 Å². The van der Waals surface area contributed by atoms with Crippen molar-refractivity contribution in [1.82, 2.24) is 25.2 Å². The summed E-state index contributed by atoms with van der Waals surface area (Å²) < 4.78 is 5.85. The van der Waals surface area contributed by atoms with Crippen molar-refractivity contribution < 1.29 is 4.74 Å². The van der Waals surface area contributed by atoms with Gasteiger partial charge in [0.2, 0.25) is 5.82 Å². The van der Waals surface area contributed by atoms with Crippen molar-refractivity contribution in [1.29, 1.82) is 0 Å². The molecule has 4 aromatic rings. The van der Waals surface area contributed by atoms with Gasteiger partial charge in [-0.2, -0.15) is 4.80 Å². The van der Waals surface area contributed by atoms with E-state index in [9.17, 15) is 0 Å². The maximum absolute atomic E-state index is 5.85. The average Bonchev–Trinajstić information content (AvgIpc) is 3.25. The molecule has 0 amide bonds. The number of hydrogen-bond donors (Lipinski definition) is 0. The van der Waals surface area contributed by atoms with Crippen LogP contribution in [-0.2, 0) is 20.1 Å². The summed E-state index contributed by atoms with van der Waals surface area (Å²) >= 11 is 0. The van der Waals surface area contributed by atoms with E-state index < -0.39 is 0 Å². The molecule has 0 aliphatic carbocycles. The second-order valence-electron chi connectivity index (χ2n) is 7.95. The lowest BCUT2D eigenvalue weighted by Crippen LogP contribution is -2.09. The van der Waals surface area contributed by atoms with Gasteiger partial charge in [-0.15, -0.1) is 10.2 Å². The first-order chi connectivity index (χ1) is 15.1. The number of nitrogens with zero attached hydrogens (tertiary/aromatic N) is 5. The van der Waals surface area contributed by atoms with Crippen molar-refractivity contribution in [2.45, 2.75) is 32.8 Å². The predicted octanol–water partition coefficient (Wildman–Crippen LogP) is 4.83. The molecule has 158 valence electrons. The van der Waals surface area contributed by atoms with E-state index in [1.165, 1.54) is 15.9 Å². The molecular weight excluding hydrogens is 386 g/mol. The zero-order chi connectivity index (χ0) is 21.6. The lowest BCUT2D eigenvalue weighted by atomic mass is 9.84. The molecule has 0 saturated heterocycles. The Labute approximate surface area is 182 Å². The van der Waals surface area contributed by atoms with Crippen LogP contribution in [-0.4, -0.2) is 25.2 Å². The summed E-state index contributed by atoms with van der Waals surface area (Å²) in [5, 5.41) is 12.2. The molecule has 6 nitrogen and oxygen atoms in total. The summed E-state index contributed by atoms with van der Waals surface area (Å²) in [6.07, 6.45) is 2.79. The largest absolute Gasteiger partial charge is 0.487 e. The number of tetrazole rings is 1. The second kappa shape index (κ2) is 9.51. The minimum absolute atomic E-state index is 0.436. The normalized spacial score (nSPS) is 13.0. The van der Waals surface area contributed by atoms with Crippen LogP contribution in [0.1, 0.15) is 36.6 Å². The van der Waals surface area contributed by atoms with Crippen LogP contribution in [0.25, 0.3) is 11.4 Å². The van der Waals surface area contributed by atoms with Crippen LogP contribution in [0, 0.1) is 5.92 Å². The first-order valence-corrected chi connectivity index (χ1v) is 10.5. The zero-order valence-corrected chi connectivity index (χ0v) is 18.1. The van der Waals surface area contributed by atoms with Crippen molar-refractivity contribution >= 4 is 0 Å². The summed E-state index contributed by atoms with van der Waals surface area (Å²) in [4.78, 5) is 5.76. The summed E-state index contributed by atoms with van der Waals surface area (Å²) in [5.41, 5.74) is 4.54. The van der Waals surface area contributed by atoms with Crippen LogP contribution in [0.4, 0.5) is 0 Å². The fourth-order valence-electron chi connectivity index (χ4n) is 3.58. The van der Waals surface area contributed by atoms with E-state index in [1.54, 1.807) is 13.2 Å². The van der Waals surface area contributed by atoms with E-state index in [0.29, 0.717) is 24.3 Å². The Morgan fingerprint density at radius 2 is 1.71 bits per heavy atom. The van der Waals surface area contributed by atoms with Crippen molar-refractivity contribution in [2.24, 2.45) is 13.0 Å². The lowest BCUT2D eigenvalue weighted by Gasteiger charge is -2.21. The third-order valence-corrected chi connectivity index (χ3v) is 5.65. The molecular formula is C25H27N5O. The highest BCUT2D eigenvalue weighted by Gasteiger charge is 2.15. The quantitative estimate of drug-likeness (QED) is 0.414. The molecule has 0 N–H and O–H groups in total. The molecule has 0 aliphatic rings. The monoisotopic (exact) mass is 413 g/mol. The Bertz CT molecular complexity index is 1090. The molecule has 0 bridgehead atoms. The lowest BCUT2D eigenvalue weighted by molar-refractivity contribution is 0.301. The number of rotatable bonds is 8. The topological polar surface area (TPSA) is 65.7 Å². The van der Waals surface area contributed by atoms with Gasteiger partial charge in [0.1, 0.15) is 12.4 Å². The molecule has 2 heterocycles. The fourth-order valence-corrected chi connectivity index (χ4v) is 3.58. The van der Waals surface area contributed by atoms with Gasteiger partial charge in [-0.3, -0.25) is 4.98 Å². The van der Waals surface area contributed by atoms with Crippen LogP contribution in [0.3, 0.4) is 0 Å². The van der Waals surface area contributed by atoms with Crippen LogP contribution < -0.4 is 4.74 Å². The number of benzene rings is 2. The standard InChI is InChI=1S/C25H27N5O/c1-18(16-20-7-9-22(10-8-20)25-27-29-30(3)28-25)19(2)21-11-13-24(14-12-21)31-17-23-6-4-5-15-26-23/h4-15,18-19H,16-17H2,1-3H3. The average molecular weight is 414 g/mol. The Morgan fingerprint density at radius 1 is 0.935 bits per heavy atom. The van der Waals surface area contributed by atoms with Gasteiger partial charge < -0.3 is 4.74 Å². The van der Waals surface area contributed by atoms with Gasteiger partial charge in [-0.05, 0) is 58.9 Å².